The number of nitrogens with zero attached hydrogens (tertiary/aromatic N) is 5. The number of carbonyl (C=O) groups is 1. The number of carbonyl (C=O) groups excluding carboxylic acids is 1. The summed E-state index contributed by atoms with van der Waals surface area (Å²) in [6, 6.07) is 5.43. The van der Waals surface area contributed by atoms with Gasteiger partial charge in [0.2, 0.25) is 0 Å². The van der Waals surface area contributed by atoms with Gasteiger partial charge in [0, 0.05) is 42.7 Å². The predicted molar refractivity (Wildman–Crippen MR) is 116 cm³/mol. The van der Waals surface area contributed by atoms with Crippen LogP contribution in [-0.2, 0) is 0 Å². The second kappa shape index (κ2) is 8.72. The Bertz CT molecular complexity index is 999. The summed E-state index contributed by atoms with van der Waals surface area (Å²) in [5.74, 6) is -0.00803. The monoisotopic (exact) mass is 448 g/mol. The van der Waals surface area contributed by atoms with Crippen molar-refractivity contribution in [3.8, 4) is 0 Å². The first-order chi connectivity index (χ1) is 14.5. The SMILES string of the molecule is Cl.NC1CCC(n2cc(C(=O)N3C[C@H]4C[C@@H](C3)[C@H](CO)n3c4cccc3=O)nn2)CC1. The largest absolute Gasteiger partial charge is 0.394 e. The average Bonchev–Trinajstić information content (AvgIpc) is 3.25. The summed E-state index contributed by atoms with van der Waals surface area (Å²) in [7, 11) is 0. The third-order valence-electron chi connectivity index (χ3n) is 7.12. The van der Waals surface area contributed by atoms with Gasteiger partial charge in [0.15, 0.2) is 5.69 Å². The number of fused-ring (bicyclic) bond motifs is 4. The van der Waals surface area contributed by atoms with E-state index in [2.05, 4.69) is 10.3 Å². The Morgan fingerprint density at radius 3 is 2.71 bits per heavy atom. The second-order valence-corrected chi connectivity index (χ2v) is 8.96. The number of halogens is 1. The van der Waals surface area contributed by atoms with E-state index < -0.39 is 0 Å². The predicted octanol–water partition coefficient (Wildman–Crippen LogP) is 1.10. The summed E-state index contributed by atoms with van der Waals surface area (Å²) >= 11 is 0. The zero-order chi connectivity index (χ0) is 20.8. The maximum absolute atomic E-state index is 13.2. The van der Waals surface area contributed by atoms with E-state index in [9.17, 15) is 14.7 Å². The number of aliphatic hydroxyl groups excluding tert-OH is 1. The summed E-state index contributed by atoms with van der Waals surface area (Å²) in [4.78, 5) is 27.4. The van der Waals surface area contributed by atoms with E-state index in [0.29, 0.717) is 18.8 Å². The zero-order valence-corrected chi connectivity index (χ0v) is 18.2. The summed E-state index contributed by atoms with van der Waals surface area (Å²) in [5.41, 5.74) is 7.16. The summed E-state index contributed by atoms with van der Waals surface area (Å²) in [5, 5.41) is 18.4. The molecule has 1 saturated heterocycles. The lowest BCUT2D eigenvalue weighted by molar-refractivity contribution is 0.0433. The highest BCUT2D eigenvalue weighted by molar-refractivity contribution is 5.92. The number of hydrogen-bond acceptors (Lipinski definition) is 6. The molecule has 2 aliphatic heterocycles. The molecule has 31 heavy (non-hydrogen) atoms. The second-order valence-electron chi connectivity index (χ2n) is 8.96. The van der Waals surface area contributed by atoms with Crippen LogP contribution in [0.15, 0.2) is 29.2 Å². The van der Waals surface area contributed by atoms with E-state index >= 15 is 0 Å². The van der Waals surface area contributed by atoms with Crippen LogP contribution in [0.25, 0.3) is 0 Å². The van der Waals surface area contributed by atoms with Crippen LogP contribution in [0.4, 0.5) is 0 Å². The van der Waals surface area contributed by atoms with Crippen LogP contribution in [0.5, 0.6) is 0 Å². The Labute approximate surface area is 186 Å². The fourth-order valence-electron chi connectivity index (χ4n) is 5.52. The highest BCUT2D eigenvalue weighted by atomic mass is 35.5. The molecule has 0 unspecified atom stereocenters. The Morgan fingerprint density at radius 1 is 1.19 bits per heavy atom. The Kier molecular flexibility index (Phi) is 6.18. The van der Waals surface area contributed by atoms with Crippen LogP contribution in [0.1, 0.15) is 66.3 Å². The molecule has 2 aromatic rings. The number of rotatable bonds is 3. The lowest BCUT2D eigenvalue weighted by Gasteiger charge is -2.46. The normalized spacial score (nSPS) is 29.7. The number of aromatic nitrogens is 4. The first-order valence-corrected chi connectivity index (χ1v) is 10.8. The average molecular weight is 449 g/mol. The summed E-state index contributed by atoms with van der Waals surface area (Å²) < 4.78 is 3.54. The van der Waals surface area contributed by atoms with Gasteiger partial charge in [0.1, 0.15) is 0 Å². The van der Waals surface area contributed by atoms with Crippen LogP contribution in [0.3, 0.4) is 0 Å². The lowest BCUT2D eigenvalue weighted by Crippen LogP contribution is -2.51. The number of hydrogen-bond donors (Lipinski definition) is 2. The molecule has 4 heterocycles. The zero-order valence-electron chi connectivity index (χ0n) is 17.3. The number of likely N-dealkylation sites (tertiary alicyclic amines) is 1. The molecule has 0 spiro atoms. The molecule has 9 nitrogen and oxygen atoms in total. The summed E-state index contributed by atoms with van der Waals surface area (Å²) in [6.07, 6.45) is 6.46. The van der Waals surface area contributed by atoms with Crippen LogP contribution in [0.2, 0.25) is 0 Å². The highest BCUT2D eigenvalue weighted by Crippen LogP contribution is 2.41. The van der Waals surface area contributed by atoms with Crippen molar-refractivity contribution in [3.05, 3.63) is 46.1 Å². The Hall–Kier alpha value is -2.23. The van der Waals surface area contributed by atoms with Gasteiger partial charge in [0.25, 0.3) is 11.5 Å². The minimum atomic E-state index is -0.303. The molecular weight excluding hydrogens is 420 g/mol. The van der Waals surface area contributed by atoms with Gasteiger partial charge in [-0.05, 0) is 38.2 Å². The van der Waals surface area contributed by atoms with Crippen molar-refractivity contribution in [2.75, 3.05) is 19.7 Å². The highest BCUT2D eigenvalue weighted by Gasteiger charge is 2.42. The minimum absolute atomic E-state index is 0. The smallest absolute Gasteiger partial charge is 0.276 e. The van der Waals surface area contributed by atoms with Crippen molar-refractivity contribution in [2.45, 2.75) is 56.1 Å². The topological polar surface area (TPSA) is 119 Å². The van der Waals surface area contributed by atoms with Crippen LogP contribution in [0, 0.1) is 5.92 Å². The maximum Gasteiger partial charge on any atom is 0.276 e. The van der Waals surface area contributed by atoms with Gasteiger partial charge in [-0.3, -0.25) is 9.59 Å². The molecule has 2 bridgehead atoms. The summed E-state index contributed by atoms with van der Waals surface area (Å²) in [6.45, 7) is 0.935. The van der Waals surface area contributed by atoms with Crippen molar-refractivity contribution in [3.63, 3.8) is 0 Å². The van der Waals surface area contributed by atoms with Crippen molar-refractivity contribution in [1.29, 1.82) is 0 Å². The van der Waals surface area contributed by atoms with Crippen molar-refractivity contribution in [2.24, 2.45) is 11.7 Å². The van der Waals surface area contributed by atoms with Gasteiger partial charge in [-0.2, -0.15) is 0 Å². The number of amides is 1. The molecule has 1 amide bonds. The lowest BCUT2D eigenvalue weighted by atomic mass is 9.78. The molecule has 3 atom stereocenters. The third kappa shape index (κ3) is 3.90. The van der Waals surface area contributed by atoms with E-state index in [1.165, 1.54) is 6.07 Å². The molecule has 3 N–H and O–H groups in total. The van der Waals surface area contributed by atoms with Gasteiger partial charge in [-0.1, -0.05) is 11.3 Å². The van der Waals surface area contributed by atoms with E-state index in [1.807, 2.05) is 15.6 Å². The third-order valence-corrected chi connectivity index (χ3v) is 7.12. The number of piperidine rings is 1. The number of nitrogens with two attached hydrogens (primary N) is 1. The fourth-order valence-corrected chi connectivity index (χ4v) is 5.52. The maximum atomic E-state index is 13.2. The van der Waals surface area contributed by atoms with Crippen LogP contribution < -0.4 is 11.3 Å². The van der Waals surface area contributed by atoms with E-state index in [-0.39, 0.29) is 60.4 Å². The standard InChI is InChI=1S/C21H28N6O3.ClH/c22-15-4-6-16(7-5-15)26-11-17(23-24-26)21(30)25-9-13-8-14(10-25)19(12-28)27-18(13)2-1-3-20(27)29;/h1-3,11,13-16,19,28H,4-10,12,22H2;1H/t13-,14+,15?,16?,19+;/m1./s1. The first kappa shape index (κ1) is 22.0. The van der Waals surface area contributed by atoms with Crippen molar-refractivity contribution < 1.29 is 9.90 Å². The van der Waals surface area contributed by atoms with E-state index in [0.717, 1.165) is 37.8 Å². The Balaban J connectivity index is 0.00000231. The van der Waals surface area contributed by atoms with Gasteiger partial charge < -0.3 is 20.3 Å². The minimum Gasteiger partial charge on any atom is -0.394 e. The molecule has 168 valence electrons. The molecule has 1 saturated carbocycles. The quantitative estimate of drug-likeness (QED) is 0.725. The van der Waals surface area contributed by atoms with Gasteiger partial charge >= 0.3 is 0 Å². The number of aliphatic hydroxyl groups is 1. The molecule has 0 radical (unpaired) electrons. The van der Waals surface area contributed by atoms with Gasteiger partial charge in [0.05, 0.1) is 24.9 Å². The van der Waals surface area contributed by atoms with Crippen LogP contribution in [-0.4, -0.2) is 61.2 Å². The Morgan fingerprint density at radius 2 is 1.97 bits per heavy atom. The number of pyridine rings is 1. The molecule has 10 heteroatoms. The van der Waals surface area contributed by atoms with E-state index in [1.54, 1.807) is 16.8 Å². The molecule has 1 aliphatic carbocycles. The van der Waals surface area contributed by atoms with E-state index in [4.69, 9.17) is 5.73 Å². The molecule has 2 aromatic heterocycles. The molecule has 0 aromatic carbocycles. The fraction of sp³-hybridized carbons (Fsp3) is 0.619. The van der Waals surface area contributed by atoms with Crippen LogP contribution >= 0.6 is 12.4 Å². The first-order valence-electron chi connectivity index (χ1n) is 10.8. The van der Waals surface area contributed by atoms with Gasteiger partial charge in [-0.25, -0.2) is 4.68 Å². The molecule has 3 aliphatic rings. The van der Waals surface area contributed by atoms with Crippen molar-refractivity contribution in [1.82, 2.24) is 24.5 Å². The van der Waals surface area contributed by atoms with Crippen molar-refractivity contribution >= 4 is 18.3 Å². The molecule has 5 rings (SSSR count). The molecular formula is C21H29ClN6O3. The molecule has 2 fully saturated rings. The van der Waals surface area contributed by atoms with Gasteiger partial charge in [-0.15, -0.1) is 17.5 Å².